The number of fused-ring (bicyclic) bond motifs is 1. The molecule has 1 heterocycles. The van der Waals surface area contributed by atoms with Crippen molar-refractivity contribution in [3.8, 4) is 5.75 Å². The molecule has 134 valence electrons. The molecule has 0 saturated heterocycles. The van der Waals surface area contributed by atoms with E-state index >= 15 is 0 Å². The van der Waals surface area contributed by atoms with Gasteiger partial charge >= 0.3 is 5.97 Å². The number of benzene rings is 3. The van der Waals surface area contributed by atoms with Gasteiger partial charge < -0.3 is 15.1 Å². The quantitative estimate of drug-likeness (QED) is 0.692. The van der Waals surface area contributed by atoms with Gasteiger partial charge in [-0.15, -0.1) is 0 Å². The molecular formula is C22H17NO4. The first-order valence-electron chi connectivity index (χ1n) is 8.56. The van der Waals surface area contributed by atoms with Crippen LogP contribution in [0.2, 0.25) is 0 Å². The average Bonchev–Trinajstić information content (AvgIpc) is 3.11. The van der Waals surface area contributed by atoms with Crippen molar-refractivity contribution in [2.24, 2.45) is 0 Å². The lowest BCUT2D eigenvalue weighted by molar-refractivity contribution is 0.0692. The fourth-order valence-corrected chi connectivity index (χ4v) is 3.44. The number of rotatable bonds is 4. The Bertz CT molecular complexity index is 1030. The van der Waals surface area contributed by atoms with Gasteiger partial charge in [-0.05, 0) is 29.3 Å². The van der Waals surface area contributed by atoms with Gasteiger partial charge in [-0.3, -0.25) is 4.79 Å². The highest BCUT2D eigenvalue weighted by molar-refractivity contribution is 6.15. The molecular weight excluding hydrogens is 342 g/mol. The smallest absolute Gasteiger partial charge is 0.336 e. The van der Waals surface area contributed by atoms with E-state index < -0.39 is 11.8 Å². The maximum atomic E-state index is 12.8. The second-order valence-electron chi connectivity index (χ2n) is 6.51. The number of carbonyl (C=O) groups excluding carboxylic acids is 1. The van der Waals surface area contributed by atoms with Crippen LogP contribution in [0.1, 0.15) is 37.4 Å². The molecule has 2 N–H and O–H groups in total. The number of phenolic OH excluding ortho intramolecular Hbond substituents is 1. The Morgan fingerprint density at radius 3 is 1.96 bits per heavy atom. The summed E-state index contributed by atoms with van der Waals surface area (Å²) in [5, 5.41) is 19.7. The number of nitrogens with zero attached hydrogens (tertiary/aromatic N) is 1. The van der Waals surface area contributed by atoms with E-state index in [1.54, 1.807) is 30.3 Å². The number of anilines is 1. The summed E-state index contributed by atoms with van der Waals surface area (Å²) in [5.41, 5.74) is 3.36. The zero-order valence-corrected chi connectivity index (χ0v) is 14.4. The number of carboxylic acid groups (broad SMARTS) is 1. The molecule has 0 bridgehead atoms. The summed E-state index contributed by atoms with van der Waals surface area (Å²) < 4.78 is 0. The van der Waals surface area contributed by atoms with E-state index in [-0.39, 0.29) is 22.4 Å². The number of carbonyl (C=O) groups is 2. The molecule has 3 aromatic carbocycles. The number of aromatic hydroxyl groups is 1. The minimum atomic E-state index is -1.18. The van der Waals surface area contributed by atoms with E-state index in [1.807, 2.05) is 12.1 Å². The number of phenols is 1. The maximum absolute atomic E-state index is 12.8. The van der Waals surface area contributed by atoms with Crippen LogP contribution in [0.15, 0.2) is 66.7 Å². The van der Waals surface area contributed by atoms with Crippen LogP contribution in [-0.2, 0) is 13.1 Å². The zero-order chi connectivity index (χ0) is 19.0. The standard InChI is InChI=1S/C22H17NO4/c24-20-11-16(23-12-14-5-1-2-6-15(14)13-23)9-10-19(20)21(25)17-7-3-4-8-18(17)22(26)27/h1-11,24H,12-13H2,(H,26,27). The molecule has 27 heavy (non-hydrogen) atoms. The third-order valence-electron chi connectivity index (χ3n) is 4.83. The molecule has 0 aromatic heterocycles. The molecule has 1 aliphatic rings. The number of hydrogen-bond donors (Lipinski definition) is 2. The summed E-state index contributed by atoms with van der Waals surface area (Å²) in [5.74, 6) is -1.85. The molecule has 3 aromatic rings. The van der Waals surface area contributed by atoms with Crippen molar-refractivity contribution in [3.05, 3.63) is 94.5 Å². The third kappa shape index (κ3) is 3.04. The van der Waals surface area contributed by atoms with Crippen LogP contribution < -0.4 is 4.90 Å². The molecule has 0 amide bonds. The Morgan fingerprint density at radius 2 is 1.37 bits per heavy atom. The van der Waals surface area contributed by atoms with E-state index in [0.717, 1.165) is 18.8 Å². The van der Waals surface area contributed by atoms with E-state index in [4.69, 9.17) is 0 Å². The lowest BCUT2D eigenvalue weighted by Gasteiger charge is -2.19. The molecule has 1 aliphatic heterocycles. The van der Waals surface area contributed by atoms with Crippen LogP contribution in [0.5, 0.6) is 5.75 Å². The Morgan fingerprint density at radius 1 is 0.778 bits per heavy atom. The van der Waals surface area contributed by atoms with Gasteiger partial charge in [0.2, 0.25) is 0 Å². The molecule has 5 heteroatoms. The van der Waals surface area contributed by atoms with E-state index in [9.17, 15) is 19.8 Å². The molecule has 0 radical (unpaired) electrons. The molecule has 0 fully saturated rings. The summed E-state index contributed by atoms with van der Waals surface area (Å²) in [4.78, 5) is 26.2. The second kappa shape index (κ2) is 6.61. The highest BCUT2D eigenvalue weighted by atomic mass is 16.4. The minimum Gasteiger partial charge on any atom is -0.507 e. The predicted molar refractivity (Wildman–Crippen MR) is 101 cm³/mol. The number of hydrogen-bond acceptors (Lipinski definition) is 4. The van der Waals surface area contributed by atoms with Crippen LogP contribution in [0.25, 0.3) is 0 Å². The Labute approximate surface area is 156 Å². The summed E-state index contributed by atoms with van der Waals surface area (Å²) in [6.45, 7) is 1.48. The van der Waals surface area contributed by atoms with Gasteiger partial charge in [0, 0.05) is 30.4 Å². The normalized spacial score (nSPS) is 12.7. The first-order chi connectivity index (χ1) is 13.0. The lowest BCUT2D eigenvalue weighted by atomic mass is 9.97. The fourth-order valence-electron chi connectivity index (χ4n) is 3.44. The van der Waals surface area contributed by atoms with Crippen LogP contribution in [0, 0.1) is 0 Å². The number of carboxylic acids is 1. The van der Waals surface area contributed by atoms with E-state index in [2.05, 4.69) is 17.0 Å². The Hall–Kier alpha value is -3.60. The van der Waals surface area contributed by atoms with Crippen molar-refractivity contribution in [3.63, 3.8) is 0 Å². The largest absolute Gasteiger partial charge is 0.507 e. The number of aromatic carboxylic acids is 1. The highest BCUT2D eigenvalue weighted by Gasteiger charge is 2.23. The van der Waals surface area contributed by atoms with Gasteiger partial charge in [0.25, 0.3) is 0 Å². The van der Waals surface area contributed by atoms with Crippen LogP contribution in [0.3, 0.4) is 0 Å². The summed E-state index contributed by atoms with van der Waals surface area (Å²) in [7, 11) is 0. The molecule has 0 aliphatic carbocycles. The molecule has 0 saturated carbocycles. The van der Waals surface area contributed by atoms with Crippen molar-refractivity contribution in [1.82, 2.24) is 0 Å². The average molecular weight is 359 g/mol. The van der Waals surface area contributed by atoms with Gasteiger partial charge in [-0.1, -0.05) is 42.5 Å². The van der Waals surface area contributed by atoms with Gasteiger partial charge in [0.05, 0.1) is 11.1 Å². The monoisotopic (exact) mass is 359 g/mol. The Balaban J connectivity index is 1.64. The summed E-state index contributed by atoms with van der Waals surface area (Å²) in [6.07, 6.45) is 0. The zero-order valence-electron chi connectivity index (χ0n) is 14.4. The fraction of sp³-hybridized carbons (Fsp3) is 0.0909. The van der Waals surface area contributed by atoms with Gasteiger partial charge in [0.1, 0.15) is 5.75 Å². The van der Waals surface area contributed by atoms with Crippen LogP contribution in [-0.4, -0.2) is 22.0 Å². The molecule has 0 atom stereocenters. The van der Waals surface area contributed by atoms with Crippen molar-refractivity contribution in [1.29, 1.82) is 0 Å². The van der Waals surface area contributed by atoms with Crippen molar-refractivity contribution in [2.45, 2.75) is 13.1 Å². The molecule has 0 spiro atoms. The summed E-state index contributed by atoms with van der Waals surface area (Å²) in [6, 6.07) is 19.0. The van der Waals surface area contributed by atoms with Crippen molar-refractivity contribution in [2.75, 3.05) is 4.90 Å². The van der Waals surface area contributed by atoms with Gasteiger partial charge in [-0.2, -0.15) is 0 Å². The maximum Gasteiger partial charge on any atom is 0.336 e. The topological polar surface area (TPSA) is 77.8 Å². The number of ketones is 1. The minimum absolute atomic E-state index is 0.0571. The van der Waals surface area contributed by atoms with Gasteiger partial charge in [-0.25, -0.2) is 4.79 Å². The van der Waals surface area contributed by atoms with Crippen molar-refractivity contribution < 1.29 is 19.8 Å². The van der Waals surface area contributed by atoms with Crippen LogP contribution >= 0.6 is 0 Å². The molecule has 0 unspecified atom stereocenters. The molecule has 4 rings (SSSR count). The van der Waals surface area contributed by atoms with Gasteiger partial charge in [0.15, 0.2) is 5.78 Å². The first-order valence-corrected chi connectivity index (χ1v) is 8.56. The van der Waals surface area contributed by atoms with Crippen molar-refractivity contribution >= 4 is 17.4 Å². The highest BCUT2D eigenvalue weighted by Crippen LogP contribution is 2.32. The van der Waals surface area contributed by atoms with Crippen LogP contribution in [0.4, 0.5) is 5.69 Å². The Kier molecular flexibility index (Phi) is 4.12. The summed E-state index contributed by atoms with van der Waals surface area (Å²) >= 11 is 0. The third-order valence-corrected chi connectivity index (χ3v) is 4.83. The predicted octanol–water partition coefficient (Wildman–Crippen LogP) is 3.84. The van der Waals surface area contributed by atoms with E-state index in [1.165, 1.54) is 23.3 Å². The first kappa shape index (κ1) is 16.8. The second-order valence-corrected chi connectivity index (χ2v) is 6.51. The van der Waals surface area contributed by atoms with E-state index in [0.29, 0.717) is 0 Å². The SMILES string of the molecule is O=C(O)c1ccccc1C(=O)c1ccc(N2Cc3ccccc3C2)cc1O. The lowest BCUT2D eigenvalue weighted by Crippen LogP contribution is -2.15. The molecule has 5 nitrogen and oxygen atoms in total.